The third-order valence-corrected chi connectivity index (χ3v) is 5.01. The van der Waals surface area contributed by atoms with Crippen LogP contribution >= 0.6 is 0 Å². The molecule has 1 atom stereocenters. The first-order chi connectivity index (χ1) is 9.10. The fourth-order valence-corrected chi connectivity index (χ4v) is 3.57. The molecule has 0 aliphatic rings. The number of sulfonamides is 1. The lowest BCUT2D eigenvalue weighted by Crippen LogP contribution is -2.49. The zero-order valence-electron chi connectivity index (χ0n) is 12.0. The van der Waals surface area contributed by atoms with Gasteiger partial charge in [0.2, 0.25) is 10.0 Å². The minimum atomic E-state index is -3.84. The molecule has 0 bridgehead atoms. The Labute approximate surface area is 119 Å². The molecule has 1 aromatic carbocycles. The molecule has 0 spiro atoms. The molecule has 1 aromatic rings. The summed E-state index contributed by atoms with van der Waals surface area (Å²) in [5.74, 6) is -0.491. The minimum absolute atomic E-state index is 0.149. The highest BCUT2D eigenvalue weighted by molar-refractivity contribution is 7.89. The molecule has 0 saturated heterocycles. The standard InChI is InChI=1S/C13H22FN3O2S/c1-4-17-8-12(20(16,18)19)13(2,3)10-7-9(15)5-6-11(10)14/h5-7,12,17H,4,8,15H2,1-3H3,(H2,16,18,19)/t12-/m0/s1. The van der Waals surface area contributed by atoms with Crippen LogP contribution in [0.25, 0.3) is 0 Å². The second kappa shape index (κ2) is 6.07. The molecule has 114 valence electrons. The van der Waals surface area contributed by atoms with Crippen LogP contribution in [0.5, 0.6) is 0 Å². The second-order valence-electron chi connectivity index (χ2n) is 5.35. The first kappa shape index (κ1) is 16.9. The minimum Gasteiger partial charge on any atom is -0.399 e. The van der Waals surface area contributed by atoms with Gasteiger partial charge in [-0.25, -0.2) is 17.9 Å². The van der Waals surface area contributed by atoms with Crippen LogP contribution in [0.15, 0.2) is 18.2 Å². The van der Waals surface area contributed by atoms with Crippen molar-refractivity contribution in [1.82, 2.24) is 5.32 Å². The summed E-state index contributed by atoms with van der Waals surface area (Å²) >= 11 is 0. The number of nitrogens with one attached hydrogen (secondary N) is 1. The van der Waals surface area contributed by atoms with E-state index in [9.17, 15) is 12.8 Å². The van der Waals surface area contributed by atoms with Crippen LogP contribution in [-0.4, -0.2) is 26.8 Å². The molecule has 0 amide bonds. The number of nitrogen functional groups attached to an aromatic ring is 1. The summed E-state index contributed by atoms with van der Waals surface area (Å²) < 4.78 is 37.7. The van der Waals surface area contributed by atoms with Crippen LogP contribution in [0.3, 0.4) is 0 Å². The molecule has 0 aromatic heterocycles. The molecule has 0 heterocycles. The molecule has 0 radical (unpaired) electrons. The Morgan fingerprint density at radius 1 is 1.40 bits per heavy atom. The summed E-state index contributed by atoms with van der Waals surface area (Å²) in [5, 5.41) is 7.31. The summed E-state index contributed by atoms with van der Waals surface area (Å²) in [5.41, 5.74) is 5.29. The van der Waals surface area contributed by atoms with Crippen molar-refractivity contribution < 1.29 is 12.8 Å². The third kappa shape index (κ3) is 3.68. The molecule has 1 rings (SSSR count). The fraction of sp³-hybridized carbons (Fsp3) is 0.538. The maximum atomic E-state index is 14.0. The molecule has 20 heavy (non-hydrogen) atoms. The number of hydrogen-bond donors (Lipinski definition) is 3. The first-order valence-electron chi connectivity index (χ1n) is 6.38. The fourth-order valence-electron chi connectivity index (χ4n) is 2.27. The molecule has 0 aliphatic carbocycles. The predicted octanol–water partition coefficient (Wildman–Crippen LogP) is 0.952. The van der Waals surface area contributed by atoms with Gasteiger partial charge in [-0.05, 0) is 30.3 Å². The van der Waals surface area contributed by atoms with Gasteiger partial charge in [0.25, 0.3) is 0 Å². The van der Waals surface area contributed by atoms with E-state index in [4.69, 9.17) is 10.9 Å². The van der Waals surface area contributed by atoms with Crippen molar-refractivity contribution in [1.29, 1.82) is 0 Å². The number of halogens is 1. The summed E-state index contributed by atoms with van der Waals surface area (Å²) in [7, 11) is -3.84. The van der Waals surface area contributed by atoms with Gasteiger partial charge in [-0.3, -0.25) is 0 Å². The van der Waals surface area contributed by atoms with Gasteiger partial charge in [0.15, 0.2) is 0 Å². The third-order valence-electron chi connectivity index (χ3n) is 3.47. The van der Waals surface area contributed by atoms with Gasteiger partial charge in [-0.1, -0.05) is 20.8 Å². The number of hydrogen-bond acceptors (Lipinski definition) is 4. The second-order valence-corrected chi connectivity index (χ2v) is 7.09. The molecule has 0 unspecified atom stereocenters. The number of nitrogens with two attached hydrogens (primary N) is 2. The van der Waals surface area contributed by atoms with E-state index < -0.39 is 26.5 Å². The molecular weight excluding hydrogens is 281 g/mol. The van der Waals surface area contributed by atoms with E-state index in [1.54, 1.807) is 13.8 Å². The monoisotopic (exact) mass is 303 g/mol. The molecule has 5 N–H and O–H groups in total. The highest BCUT2D eigenvalue weighted by Gasteiger charge is 2.40. The summed E-state index contributed by atoms with van der Waals surface area (Å²) in [6, 6.07) is 4.13. The van der Waals surface area contributed by atoms with Crippen LogP contribution in [0.1, 0.15) is 26.3 Å². The molecule has 5 nitrogen and oxygen atoms in total. The van der Waals surface area contributed by atoms with Gasteiger partial charge in [0.1, 0.15) is 5.82 Å². The Kier molecular flexibility index (Phi) is 5.12. The average Bonchev–Trinajstić information content (AvgIpc) is 2.30. The number of rotatable bonds is 6. The van der Waals surface area contributed by atoms with Crippen molar-refractivity contribution in [3.63, 3.8) is 0 Å². The highest BCUT2D eigenvalue weighted by Crippen LogP contribution is 2.33. The lowest BCUT2D eigenvalue weighted by Gasteiger charge is -2.33. The van der Waals surface area contributed by atoms with Gasteiger partial charge in [-0.2, -0.15) is 0 Å². The van der Waals surface area contributed by atoms with E-state index >= 15 is 0 Å². The van der Waals surface area contributed by atoms with Crippen LogP contribution in [0.4, 0.5) is 10.1 Å². The highest BCUT2D eigenvalue weighted by atomic mass is 32.2. The van der Waals surface area contributed by atoms with Crippen LogP contribution in [-0.2, 0) is 15.4 Å². The zero-order valence-corrected chi connectivity index (χ0v) is 12.8. The van der Waals surface area contributed by atoms with E-state index in [1.807, 2.05) is 6.92 Å². The van der Waals surface area contributed by atoms with E-state index in [1.165, 1.54) is 18.2 Å². The topological polar surface area (TPSA) is 98.2 Å². The van der Waals surface area contributed by atoms with E-state index in [0.717, 1.165) is 0 Å². The van der Waals surface area contributed by atoms with Gasteiger partial charge >= 0.3 is 0 Å². The smallest absolute Gasteiger partial charge is 0.214 e. The molecular formula is C13H22FN3O2S. The SMILES string of the molecule is CCNC[C@@H](C(C)(C)c1cc(N)ccc1F)S(N)(=O)=O. The van der Waals surface area contributed by atoms with Gasteiger partial charge in [0.05, 0.1) is 5.25 Å². The number of benzene rings is 1. The average molecular weight is 303 g/mol. The maximum absolute atomic E-state index is 14.0. The van der Waals surface area contributed by atoms with Crippen molar-refractivity contribution in [2.45, 2.75) is 31.4 Å². The van der Waals surface area contributed by atoms with Crippen molar-refractivity contribution >= 4 is 15.7 Å². The van der Waals surface area contributed by atoms with Crippen LogP contribution in [0, 0.1) is 5.82 Å². The molecule has 7 heteroatoms. The summed E-state index contributed by atoms with van der Waals surface area (Å²) in [4.78, 5) is 0. The quantitative estimate of drug-likeness (QED) is 0.681. The van der Waals surface area contributed by atoms with E-state index in [0.29, 0.717) is 12.2 Å². The van der Waals surface area contributed by atoms with Gasteiger partial charge in [-0.15, -0.1) is 0 Å². The number of primary sulfonamides is 1. The molecule has 0 saturated carbocycles. The van der Waals surface area contributed by atoms with Crippen LogP contribution in [0.2, 0.25) is 0 Å². The van der Waals surface area contributed by atoms with E-state index in [-0.39, 0.29) is 12.1 Å². The van der Waals surface area contributed by atoms with Crippen molar-refractivity contribution in [2.75, 3.05) is 18.8 Å². The lowest BCUT2D eigenvalue weighted by atomic mass is 9.80. The van der Waals surface area contributed by atoms with Crippen molar-refractivity contribution in [2.24, 2.45) is 5.14 Å². The Morgan fingerprint density at radius 2 is 2.00 bits per heavy atom. The molecule has 0 fully saturated rings. The van der Waals surface area contributed by atoms with Gasteiger partial charge < -0.3 is 11.1 Å². The lowest BCUT2D eigenvalue weighted by molar-refractivity contribution is 0.428. The summed E-state index contributed by atoms with van der Waals surface area (Å²) in [6.07, 6.45) is 0. The largest absolute Gasteiger partial charge is 0.399 e. The van der Waals surface area contributed by atoms with Crippen molar-refractivity contribution in [3.8, 4) is 0 Å². The normalized spacial score (nSPS) is 14.2. The zero-order chi connectivity index (χ0) is 15.6. The summed E-state index contributed by atoms with van der Waals surface area (Å²) in [6.45, 7) is 5.90. The Hall–Kier alpha value is -1.18. The van der Waals surface area contributed by atoms with Crippen molar-refractivity contribution in [3.05, 3.63) is 29.6 Å². The number of anilines is 1. The van der Waals surface area contributed by atoms with E-state index in [2.05, 4.69) is 5.32 Å². The molecule has 0 aliphatic heterocycles. The first-order valence-corrected chi connectivity index (χ1v) is 7.99. The Bertz CT molecular complexity index is 573. The van der Waals surface area contributed by atoms with Gasteiger partial charge in [0, 0.05) is 17.6 Å². The Morgan fingerprint density at radius 3 is 2.50 bits per heavy atom. The van der Waals surface area contributed by atoms with Crippen LogP contribution < -0.4 is 16.2 Å². The Balaban J connectivity index is 3.32. The predicted molar refractivity (Wildman–Crippen MR) is 79.3 cm³/mol. The maximum Gasteiger partial charge on any atom is 0.214 e.